The van der Waals surface area contributed by atoms with Gasteiger partial charge in [-0.2, -0.15) is 0 Å². The summed E-state index contributed by atoms with van der Waals surface area (Å²) in [5, 5.41) is 18.5. The highest BCUT2D eigenvalue weighted by molar-refractivity contribution is 6.02. The van der Waals surface area contributed by atoms with Gasteiger partial charge in [0.05, 0.1) is 28.7 Å². The number of benzene rings is 2. The van der Waals surface area contributed by atoms with Crippen LogP contribution in [0.15, 0.2) is 53.3 Å². The van der Waals surface area contributed by atoms with Crippen LogP contribution in [0, 0.1) is 0 Å². The van der Waals surface area contributed by atoms with E-state index in [4.69, 9.17) is 0 Å². The van der Waals surface area contributed by atoms with E-state index in [1.54, 1.807) is 55.1 Å². The molecule has 3 N–H and O–H groups in total. The van der Waals surface area contributed by atoms with Gasteiger partial charge in [0.1, 0.15) is 23.6 Å². The maximum Gasteiger partial charge on any atom is 0.262 e. The molecule has 0 radical (unpaired) electrons. The van der Waals surface area contributed by atoms with Gasteiger partial charge in [-0.15, -0.1) is 0 Å². The van der Waals surface area contributed by atoms with E-state index in [0.717, 1.165) is 0 Å². The van der Waals surface area contributed by atoms with E-state index >= 15 is 0 Å². The lowest BCUT2D eigenvalue weighted by atomic mass is 9.85. The van der Waals surface area contributed by atoms with Crippen molar-refractivity contribution in [3.05, 3.63) is 70.3 Å². The molecular weight excluding hydrogens is 422 g/mol. The molecule has 6 rings (SSSR count). The summed E-state index contributed by atoms with van der Waals surface area (Å²) in [5.41, 5.74) is -0.179. The number of nitrogens with zero attached hydrogens (tertiary/aromatic N) is 3. The molecule has 2 amide bonds. The van der Waals surface area contributed by atoms with Gasteiger partial charge >= 0.3 is 0 Å². The molecule has 5 atom stereocenters. The van der Waals surface area contributed by atoms with Crippen molar-refractivity contribution >= 4 is 28.4 Å². The minimum Gasteiger partial charge on any atom is -0.381 e. The van der Waals surface area contributed by atoms with Gasteiger partial charge in [-0.05, 0) is 32.0 Å². The lowest BCUT2D eigenvalue weighted by Gasteiger charge is -2.37. The third-order valence-corrected chi connectivity index (χ3v) is 7.06. The minimum atomic E-state index is -1.58. The lowest BCUT2D eigenvalue weighted by molar-refractivity contribution is -0.129. The third-order valence-electron chi connectivity index (χ3n) is 7.06. The second kappa shape index (κ2) is 6.72. The van der Waals surface area contributed by atoms with E-state index in [2.05, 4.69) is 15.6 Å². The second-order valence-electron chi connectivity index (χ2n) is 9.05. The Morgan fingerprint density at radius 2 is 1.76 bits per heavy atom. The first-order valence-corrected chi connectivity index (χ1v) is 11.0. The zero-order valence-corrected chi connectivity index (χ0v) is 18.1. The average molecular weight is 445 g/mol. The van der Waals surface area contributed by atoms with Crippen molar-refractivity contribution in [2.75, 3.05) is 4.90 Å². The molecule has 0 aliphatic carbocycles. The van der Waals surface area contributed by atoms with E-state index in [-0.39, 0.29) is 23.8 Å². The number of para-hydroxylation sites is 2. The maximum atomic E-state index is 13.5. The van der Waals surface area contributed by atoms with Gasteiger partial charge in [0.2, 0.25) is 11.8 Å². The molecule has 33 heavy (non-hydrogen) atoms. The molecule has 9 heteroatoms. The number of rotatable bonds is 2. The Kier molecular flexibility index (Phi) is 4.09. The van der Waals surface area contributed by atoms with Crippen LogP contribution in [0.5, 0.6) is 0 Å². The number of hydrogen-bond donors (Lipinski definition) is 3. The van der Waals surface area contributed by atoms with Crippen LogP contribution in [0.3, 0.4) is 0 Å². The number of carbonyl (C=O) groups is 2. The molecule has 3 aliphatic heterocycles. The molecule has 0 unspecified atom stereocenters. The van der Waals surface area contributed by atoms with E-state index in [1.165, 1.54) is 4.57 Å². The molecule has 1 saturated heterocycles. The average Bonchev–Trinajstić information content (AvgIpc) is 3.23. The maximum absolute atomic E-state index is 13.5. The van der Waals surface area contributed by atoms with Gasteiger partial charge in [-0.1, -0.05) is 30.3 Å². The molecule has 0 spiro atoms. The van der Waals surface area contributed by atoms with E-state index in [9.17, 15) is 19.5 Å². The SMILES string of the molecule is C[C@@H]1N[C@H]2N(C1=O)c1ccccc1[C@@]2(O)C[C@H]1C(=O)N[C@@H](C)c2nc3ccccc3c(=O)n21. The molecule has 4 heterocycles. The van der Waals surface area contributed by atoms with Gasteiger partial charge in [-0.3, -0.25) is 29.2 Å². The van der Waals surface area contributed by atoms with Crippen molar-refractivity contribution in [3.63, 3.8) is 0 Å². The first-order chi connectivity index (χ1) is 15.8. The highest BCUT2D eigenvalue weighted by atomic mass is 16.3. The summed E-state index contributed by atoms with van der Waals surface area (Å²) in [4.78, 5) is 45.8. The Balaban J connectivity index is 1.52. The van der Waals surface area contributed by atoms with Crippen molar-refractivity contribution in [1.82, 2.24) is 20.2 Å². The normalized spacial score (nSPS) is 30.2. The highest BCUT2D eigenvalue weighted by Gasteiger charge is 2.58. The predicted octanol–water partition coefficient (Wildman–Crippen LogP) is 1.07. The fraction of sp³-hybridized carbons (Fsp3) is 0.333. The van der Waals surface area contributed by atoms with Crippen molar-refractivity contribution < 1.29 is 14.7 Å². The number of anilines is 1. The van der Waals surface area contributed by atoms with Crippen LogP contribution < -0.4 is 21.1 Å². The topological polar surface area (TPSA) is 117 Å². The summed E-state index contributed by atoms with van der Waals surface area (Å²) in [6, 6.07) is 12.2. The largest absolute Gasteiger partial charge is 0.381 e. The fourth-order valence-corrected chi connectivity index (χ4v) is 5.49. The summed E-state index contributed by atoms with van der Waals surface area (Å²) in [5.74, 6) is -0.0647. The Morgan fingerprint density at radius 3 is 2.58 bits per heavy atom. The number of hydrogen-bond acceptors (Lipinski definition) is 6. The van der Waals surface area contributed by atoms with Crippen molar-refractivity contribution in [2.45, 2.75) is 50.2 Å². The van der Waals surface area contributed by atoms with Gasteiger partial charge in [-0.25, -0.2) is 4.98 Å². The minimum absolute atomic E-state index is 0.0936. The Bertz CT molecular complexity index is 1400. The second-order valence-corrected chi connectivity index (χ2v) is 9.05. The fourth-order valence-electron chi connectivity index (χ4n) is 5.49. The van der Waals surface area contributed by atoms with Crippen LogP contribution in [0.25, 0.3) is 10.9 Å². The smallest absolute Gasteiger partial charge is 0.262 e. The number of nitrogens with one attached hydrogen (secondary N) is 2. The van der Waals surface area contributed by atoms with Gasteiger partial charge < -0.3 is 10.4 Å². The number of fused-ring (bicyclic) bond motifs is 5. The van der Waals surface area contributed by atoms with Gasteiger partial charge in [0.15, 0.2) is 0 Å². The summed E-state index contributed by atoms with van der Waals surface area (Å²) >= 11 is 0. The first kappa shape index (κ1) is 20.1. The van der Waals surface area contributed by atoms with Crippen LogP contribution in [-0.4, -0.2) is 38.7 Å². The summed E-state index contributed by atoms with van der Waals surface area (Å²) in [6.45, 7) is 3.52. The molecule has 0 bridgehead atoms. The van der Waals surface area contributed by atoms with Gasteiger partial charge in [0.25, 0.3) is 5.56 Å². The van der Waals surface area contributed by atoms with E-state index in [1.807, 2.05) is 12.1 Å². The monoisotopic (exact) mass is 445 g/mol. The standard InChI is InChI=1S/C24H23N5O4/c1-12-19-27-16-9-5-3-7-14(16)22(32)28(19)18(20(30)25-12)11-24(33)15-8-4-6-10-17(15)29-21(31)13(2)26-23(24)29/h3-10,12-13,18,23,26,33H,11H2,1-2H3,(H,25,30)/t12-,13-,18-,23-,24-/m0/s1. The van der Waals surface area contributed by atoms with Crippen molar-refractivity contribution in [3.8, 4) is 0 Å². The third kappa shape index (κ3) is 2.60. The van der Waals surface area contributed by atoms with Crippen LogP contribution >= 0.6 is 0 Å². The molecule has 1 aromatic heterocycles. The Labute approximate surface area is 189 Å². The van der Waals surface area contributed by atoms with Crippen LogP contribution in [-0.2, 0) is 15.2 Å². The zero-order valence-electron chi connectivity index (χ0n) is 18.1. The Hall–Kier alpha value is -3.56. The summed E-state index contributed by atoms with van der Waals surface area (Å²) < 4.78 is 1.41. The number of aliphatic hydroxyl groups is 1. The Morgan fingerprint density at radius 1 is 1.03 bits per heavy atom. The molecule has 2 aromatic carbocycles. The number of aromatic nitrogens is 2. The number of amides is 2. The van der Waals surface area contributed by atoms with Crippen molar-refractivity contribution in [1.29, 1.82) is 0 Å². The molecule has 168 valence electrons. The molecule has 0 saturated carbocycles. The summed E-state index contributed by atoms with van der Waals surface area (Å²) in [7, 11) is 0. The van der Waals surface area contributed by atoms with Crippen LogP contribution in [0.1, 0.15) is 43.7 Å². The van der Waals surface area contributed by atoms with Crippen LogP contribution in [0.2, 0.25) is 0 Å². The molecule has 3 aromatic rings. The quantitative estimate of drug-likeness (QED) is 0.543. The number of carbonyl (C=O) groups excluding carboxylic acids is 2. The highest BCUT2D eigenvalue weighted by Crippen LogP contribution is 2.49. The van der Waals surface area contributed by atoms with Crippen LogP contribution in [0.4, 0.5) is 5.69 Å². The lowest BCUT2D eigenvalue weighted by Crippen LogP contribution is -2.54. The first-order valence-electron chi connectivity index (χ1n) is 11.0. The van der Waals surface area contributed by atoms with E-state index in [0.29, 0.717) is 28.0 Å². The zero-order chi connectivity index (χ0) is 23.1. The molecule has 9 nitrogen and oxygen atoms in total. The molecule has 1 fully saturated rings. The van der Waals surface area contributed by atoms with Gasteiger partial charge in [0, 0.05) is 12.0 Å². The van der Waals surface area contributed by atoms with E-state index < -0.39 is 29.9 Å². The summed E-state index contributed by atoms with van der Waals surface area (Å²) in [6.07, 6.45) is -0.832. The molecular formula is C24H23N5O4. The van der Waals surface area contributed by atoms with Crippen molar-refractivity contribution in [2.24, 2.45) is 0 Å². The predicted molar refractivity (Wildman–Crippen MR) is 120 cm³/mol. The molecule has 3 aliphatic rings.